The second-order valence-electron chi connectivity index (χ2n) is 4.88. The highest BCUT2D eigenvalue weighted by Crippen LogP contribution is 2.30. The molecule has 1 unspecified atom stereocenters. The zero-order valence-corrected chi connectivity index (χ0v) is 11.7. The van der Waals surface area contributed by atoms with Crippen molar-refractivity contribution in [1.29, 1.82) is 0 Å². The molecule has 21 heavy (non-hydrogen) atoms. The first-order valence-electron chi connectivity index (χ1n) is 6.89. The van der Waals surface area contributed by atoms with Gasteiger partial charge in [-0.2, -0.15) is 13.2 Å². The minimum absolute atomic E-state index is 0.122. The molecule has 1 aromatic carbocycles. The quantitative estimate of drug-likeness (QED) is 0.853. The van der Waals surface area contributed by atoms with Gasteiger partial charge in [0, 0.05) is 12.4 Å². The summed E-state index contributed by atoms with van der Waals surface area (Å²) in [5, 5.41) is 3.30. The molecule has 2 aromatic rings. The highest BCUT2D eigenvalue weighted by Gasteiger charge is 2.30. The zero-order valence-electron chi connectivity index (χ0n) is 11.7. The van der Waals surface area contributed by atoms with Crippen LogP contribution in [-0.2, 0) is 12.6 Å². The number of halogens is 3. The summed E-state index contributed by atoms with van der Waals surface area (Å²) >= 11 is 0. The van der Waals surface area contributed by atoms with E-state index >= 15 is 0 Å². The van der Waals surface area contributed by atoms with E-state index in [4.69, 9.17) is 0 Å². The van der Waals surface area contributed by atoms with E-state index in [1.54, 1.807) is 18.5 Å². The number of alkyl halides is 3. The smallest absolute Gasteiger partial charge is 0.347 e. The van der Waals surface area contributed by atoms with E-state index in [0.717, 1.165) is 24.9 Å². The van der Waals surface area contributed by atoms with E-state index in [1.165, 1.54) is 12.1 Å². The average molecular weight is 297 g/mol. The van der Waals surface area contributed by atoms with Crippen LogP contribution in [0.5, 0.6) is 0 Å². The fourth-order valence-corrected chi connectivity index (χ4v) is 2.16. The van der Waals surface area contributed by atoms with Crippen LogP contribution < -0.4 is 5.32 Å². The van der Waals surface area contributed by atoms with Crippen LogP contribution in [0.15, 0.2) is 36.7 Å². The number of rotatable bonds is 6. The van der Waals surface area contributed by atoms with Crippen LogP contribution in [0.1, 0.15) is 36.3 Å². The van der Waals surface area contributed by atoms with Crippen molar-refractivity contribution in [3.63, 3.8) is 0 Å². The first kappa shape index (κ1) is 15.6. The Morgan fingerprint density at radius 3 is 2.76 bits per heavy atom. The van der Waals surface area contributed by atoms with Crippen molar-refractivity contribution in [1.82, 2.24) is 15.3 Å². The molecule has 0 fully saturated rings. The van der Waals surface area contributed by atoms with Crippen molar-refractivity contribution in [2.24, 2.45) is 0 Å². The lowest BCUT2D eigenvalue weighted by atomic mass is 10.0. The first-order chi connectivity index (χ1) is 10.0. The molecule has 0 aliphatic carbocycles. The number of hydrogen-bond acceptors (Lipinski definition) is 2. The number of benzene rings is 1. The van der Waals surface area contributed by atoms with Gasteiger partial charge in [-0.25, -0.2) is 4.98 Å². The molecule has 0 amide bonds. The molecule has 0 aliphatic rings. The Bertz CT molecular complexity index is 550. The third-order valence-corrected chi connectivity index (χ3v) is 3.18. The zero-order chi connectivity index (χ0) is 15.3. The molecular weight excluding hydrogens is 279 g/mol. The largest absolute Gasteiger partial charge is 0.416 e. The van der Waals surface area contributed by atoms with E-state index < -0.39 is 11.7 Å². The number of aromatic nitrogens is 2. The van der Waals surface area contributed by atoms with Crippen molar-refractivity contribution in [2.45, 2.75) is 32.0 Å². The van der Waals surface area contributed by atoms with Gasteiger partial charge in [0.1, 0.15) is 5.82 Å². The summed E-state index contributed by atoms with van der Waals surface area (Å²) in [5.41, 5.74) is 0.0171. The Balaban J connectivity index is 2.17. The molecule has 0 radical (unpaired) electrons. The number of hydrogen-bond donors (Lipinski definition) is 2. The fraction of sp³-hybridized carbons (Fsp3) is 0.400. The number of imidazole rings is 1. The van der Waals surface area contributed by atoms with Gasteiger partial charge in [0.05, 0.1) is 11.6 Å². The summed E-state index contributed by atoms with van der Waals surface area (Å²) in [6.07, 6.45) is 0.439. The van der Waals surface area contributed by atoms with Crippen LogP contribution in [0.2, 0.25) is 0 Å². The maximum atomic E-state index is 12.7. The third-order valence-electron chi connectivity index (χ3n) is 3.18. The maximum absolute atomic E-state index is 12.7. The predicted octanol–water partition coefficient (Wildman–Crippen LogP) is 3.71. The van der Waals surface area contributed by atoms with Crippen LogP contribution >= 0.6 is 0 Å². The van der Waals surface area contributed by atoms with Crippen LogP contribution in [0.25, 0.3) is 0 Å². The minimum atomic E-state index is -4.31. The molecule has 114 valence electrons. The Morgan fingerprint density at radius 2 is 2.14 bits per heavy atom. The molecular formula is C15H18F3N3. The molecule has 0 aliphatic heterocycles. The number of nitrogens with one attached hydrogen (secondary N) is 2. The van der Waals surface area contributed by atoms with Gasteiger partial charge < -0.3 is 10.3 Å². The molecule has 0 saturated heterocycles. The summed E-state index contributed by atoms with van der Waals surface area (Å²) in [7, 11) is 0. The van der Waals surface area contributed by atoms with Crippen molar-refractivity contribution in [3.8, 4) is 0 Å². The van der Waals surface area contributed by atoms with Crippen molar-refractivity contribution in [3.05, 3.63) is 53.6 Å². The molecule has 0 spiro atoms. The monoisotopic (exact) mass is 297 g/mol. The number of nitrogens with zero attached hydrogens (tertiary/aromatic N) is 1. The van der Waals surface area contributed by atoms with Gasteiger partial charge in [0.15, 0.2) is 0 Å². The van der Waals surface area contributed by atoms with Crippen LogP contribution in [0.3, 0.4) is 0 Å². The molecule has 1 atom stereocenters. The van der Waals surface area contributed by atoms with Gasteiger partial charge in [-0.15, -0.1) is 0 Å². The number of aromatic amines is 1. The van der Waals surface area contributed by atoms with Gasteiger partial charge >= 0.3 is 6.18 Å². The predicted molar refractivity (Wildman–Crippen MR) is 74.8 cm³/mol. The van der Waals surface area contributed by atoms with Gasteiger partial charge in [-0.1, -0.05) is 25.1 Å². The number of H-pyrrole nitrogens is 1. The Labute approximate surface area is 121 Å². The normalized spacial score (nSPS) is 13.3. The Kier molecular flexibility index (Phi) is 5.01. The van der Waals surface area contributed by atoms with Crippen molar-refractivity contribution >= 4 is 0 Å². The van der Waals surface area contributed by atoms with Gasteiger partial charge in [0.2, 0.25) is 0 Å². The van der Waals surface area contributed by atoms with Crippen LogP contribution in [0.4, 0.5) is 13.2 Å². The lowest BCUT2D eigenvalue weighted by molar-refractivity contribution is -0.137. The Morgan fingerprint density at radius 1 is 1.33 bits per heavy atom. The summed E-state index contributed by atoms with van der Waals surface area (Å²) < 4.78 is 38.2. The summed E-state index contributed by atoms with van der Waals surface area (Å²) in [4.78, 5) is 7.21. The third kappa shape index (κ3) is 4.32. The lowest BCUT2D eigenvalue weighted by Crippen LogP contribution is -2.25. The molecule has 2 N–H and O–H groups in total. The first-order valence-corrected chi connectivity index (χ1v) is 6.89. The minimum Gasteiger partial charge on any atom is -0.347 e. The van der Waals surface area contributed by atoms with E-state index in [2.05, 4.69) is 15.3 Å². The molecule has 0 saturated carbocycles. The molecule has 6 heteroatoms. The topological polar surface area (TPSA) is 40.7 Å². The molecule has 3 nitrogen and oxygen atoms in total. The molecule has 2 rings (SSSR count). The second-order valence-corrected chi connectivity index (χ2v) is 4.88. The van der Waals surface area contributed by atoms with Crippen molar-refractivity contribution < 1.29 is 13.2 Å². The maximum Gasteiger partial charge on any atom is 0.416 e. The summed E-state index contributed by atoms with van der Waals surface area (Å²) in [6, 6.07) is 5.31. The van der Waals surface area contributed by atoms with Gasteiger partial charge in [0.25, 0.3) is 0 Å². The summed E-state index contributed by atoms with van der Waals surface area (Å²) in [6.45, 7) is 2.82. The van der Waals surface area contributed by atoms with E-state index in [9.17, 15) is 13.2 Å². The highest BCUT2D eigenvalue weighted by molar-refractivity contribution is 5.26. The average Bonchev–Trinajstić information content (AvgIpc) is 2.97. The molecule has 1 heterocycles. The van der Waals surface area contributed by atoms with Crippen LogP contribution in [0, 0.1) is 0 Å². The Hall–Kier alpha value is -1.82. The lowest BCUT2D eigenvalue weighted by Gasteiger charge is -2.17. The van der Waals surface area contributed by atoms with E-state index in [-0.39, 0.29) is 6.04 Å². The molecule has 1 aromatic heterocycles. The summed E-state index contributed by atoms with van der Waals surface area (Å²) in [5.74, 6) is 0.737. The van der Waals surface area contributed by atoms with Gasteiger partial charge in [-0.3, -0.25) is 0 Å². The SMILES string of the molecule is CCCNC(Cc1cccc(C(F)(F)F)c1)c1ncc[nH]1. The van der Waals surface area contributed by atoms with Gasteiger partial charge in [-0.05, 0) is 31.0 Å². The fourth-order valence-electron chi connectivity index (χ4n) is 2.16. The van der Waals surface area contributed by atoms with E-state index in [0.29, 0.717) is 12.0 Å². The van der Waals surface area contributed by atoms with E-state index in [1.807, 2.05) is 6.92 Å². The highest BCUT2D eigenvalue weighted by atomic mass is 19.4. The second kappa shape index (κ2) is 6.76. The van der Waals surface area contributed by atoms with Crippen LogP contribution in [-0.4, -0.2) is 16.5 Å². The molecule has 0 bridgehead atoms. The van der Waals surface area contributed by atoms with Crippen molar-refractivity contribution in [2.75, 3.05) is 6.54 Å². The standard InChI is InChI=1S/C15H18F3N3/c1-2-6-19-13(14-20-7-8-21-14)10-11-4-3-5-12(9-11)15(16,17)18/h3-5,7-9,13,19H,2,6,10H2,1H3,(H,20,21).